The van der Waals surface area contributed by atoms with Gasteiger partial charge in [0, 0.05) is 26.2 Å². The van der Waals surface area contributed by atoms with Crippen LogP contribution in [0.25, 0.3) is 0 Å². The van der Waals surface area contributed by atoms with E-state index >= 15 is 0 Å². The Balaban J connectivity index is 1.92. The molecule has 0 aliphatic heterocycles. The second-order valence-corrected chi connectivity index (χ2v) is 8.28. The summed E-state index contributed by atoms with van der Waals surface area (Å²) in [7, 11) is 0.739. The zero-order chi connectivity index (χ0) is 20.7. The molecule has 2 rings (SSSR count). The summed E-state index contributed by atoms with van der Waals surface area (Å²) in [5, 5.41) is 5.18. The Bertz CT molecular complexity index is 958. The minimum absolute atomic E-state index is 0.00706. The summed E-state index contributed by atoms with van der Waals surface area (Å²) in [6.07, 6.45) is 0. The SMILES string of the molecule is COc1cccc(CNC(=O)CNC(=O)c2cccc(S(=O)(=O)N(C)C)c2)c1. The lowest BCUT2D eigenvalue weighted by molar-refractivity contribution is -0.120. The Morgan fingerprint density at radius 3 is 2.43 bits per heavy atom. The minimum atomic E-state index is -3.65. The first-order valence-electron chi connectivity index (χ1n) is 8.44. The number of benzene rings is 2. The number of hydrogen-bond donors (Lipinski definition) is 2. The van der Waals surface area contributed by atoms with Crippen LogP contribution in [-0.2, 0) is 21.4 Å². The van der Waals surface area contributed by atoms with Gasteiger partial charge in [0.2, 0.25) is 15.9 Å². The Kier molecular flexibility index (Phi) is 7.13. The molecule has 0 saturated heterocycles. The number of amides is 2. The van der Waals surface area contributed by atoms with Gasteiger partial charge in [0.15, 0.2) is 0 Å². The van der Waals surface area contributed by atoms with Crippen LogP contribution in [0, 0.1) is 0 Å². The van der Waals surface area contributed by atoms with Crippen LogP contribution in [0.3, 0.4) is 0 Å². The van der Waals surface area contributed by atoms with Crippen LogP contribution in [0.1, 0.15) is 15.9 Å². The van der Waals surface area contributed by atoms with Crippen molar-refractivity contribution in [3.63, 3.8) is 0 Å². The van der Waals surface area contributed by atoms with E-state index in [4.69, 9.17) is 4.74 Å². The number of carbonyl (C=O) groups is 2. The fraction of sp³-hybridized carbons (Fsp3) is 0.263. The summed E-state index contributed by atoms with van der Waals surface area (Å²) in [5.74, 6) is -0.215. The predicted octanol–water partition coefficient (Wildman–Crippen LogP) is 0.992. The molecule has 0 fully saturated rings. The summed E-state index contributed by atoms with van der Waals surface area (Å²) in [6, 6.07) is 12.9. The molecule has 2 amide bonds. The average molecular weight is 405 g/mol. The molecule has 2 aromatic rings. The number of rotatable bonds is 8. The maximum absolute atomic E-state index is 12.2. The van der Waals surface area contributed by atoms with Crippen LogP contribution < -0.4 is 15.4 Å². The van der Waals surface area contributed by atoms with Crippen LogP contribution in [0.4, 0.5) is 0 Å². The second kappa shape index (κ2) is 9.34. The molecule has 0 aliphatic carbocycles. The molecular weight excluding hydrogens is 382 g/mol. The van der Waals surface area contributed by atoms with Gasteiger partial charge in [0.25, 0.3) is 5.91 Å². The first-order chi connectivity index (χ1) is 13.2. The lowest BCUT2D eigenvalue weighted by Gasteiger charge is -2.12. The number of sulfonamides is 1. The first-order valence-corrected chi connectivity index (χ1v) is 9.88. The fourth-order valence-electron chi connectivity index (χ4n) is 2.32. The van der Waals surface area contributed by atoms with Crippen molar-refractivity contribution in [1.29, 1.82) is 0 Å². The van der Waals surface area contributed by atoms with E-state index in [0.29, 0.717) is 12.3 Å². The van der Waals surface area contributed by atoms with E-state index in [-0.39, 0.29) is 22.9 Å². The summed E-state index contributed by atoms with van der Waals surface area (Å²) in [4.78, 5) is 24.2. The summed E-state index contributed by atoms with van der Waals surface area (Å²) in [6.45, 7) is 0.0654. The molecule has 0 spiro atoms. The van der Waals surface area contributed by atoms with Gasteiger partial charge in [0.1, 0.15) is 5.75 Å². The summed E-state index contributed by atoms with van der Waals surface area (Å²) < 4.78 is 30.5. The van der Waals surface area contributed by atoms with Crippen molar-refractivity contribution in [2.75, 3.05) is 27.7 Å². The molecule has 0 saturated carbocycles. The third kappa shape index (κ3) is 5.54. The highest BCUT2D eigenvalue weighted by molar-refractivity contribution is 7.89. The number of hydrogen-bond acceptors (Lipinski definition) is 5. The van der Waals surface area contributed by atoms with Crippen molar-refractivity contribution in [2.45, 2.75) is 11.4 Å². The largest absolute Gasteiger partial charge is 0.497 e. The number of nitrogens with zero attached hydrogens (tertiary/aromatic N) is 1. The topological polar surface area (TPSA) is 105 Å². The van der Waals surface area contributed by atoms with Gasteiger partial charge < -0.3 is 15.4 Å². The monoisotopic (exact) mass is 405 g/mol. The Morgan fingerprint density at radius 2 is 1.75 bits per heavy atom. The maximum Gasteiger partial charge on any atom is 0.251 e. The van der Waals surface area contributed by atoms with Crippen molar-refractivity contribution in [2.24, 2.45) is 0 Å². The minimum Gasteiger partial charge on any atom is -0.497 e. The lowest BCUT2D eigenvalue weighted by Crippen LogP contribution is -2.36. The van der Waals surface area contributed by atoms with Gasteiger partial charge in [0.05, 0.1) is 18.6 Å². The van der Waals surface area contributed by atoms with Crippen LogP contribution in [-0.4, -0.2) is 52.3 Å². The van der Waals surface area contributed by atoms with E-state index in [1.807, 2.05) is 12.1 Å². The molecule has 8 nitrogen and oxygen atoms in total. The Hall–Kier alpha value is -2.91. The van der Waals surface area contributed by atoms with Gasteiger partial charge in [-0.15, -0.1) is 0 Å². The predicted molar refractivity (Wildman–Crippen MR) is 104 cm³/mol. The normalized spacial score (nSPS) is 11.1. The van der Waals surface area contributed by atoms with E-state index in [1.165, 1.54) is 38.4 Å². The number of methoxy groups -OCH3 is 1. The second-order valence-electron chi connectivity index (χ2n) is 6.13. The molecule has 0 aromatic heterocycles. The average Bonchev–Trinajstić information content (AvgIpc) is 2.70. The van der Waals surface area contributed by atoms with Crippen molar-refractivity contribution in [3.05, 3.63) is 59.7 Å². The molecular formula is C19H23N3O5S. The summed E-state index contributed by atoms with van der Waals surface area (Å²) >= 11 is 0. The molecule has 0 bridgehead atoms. The molecule has 28 heavy (non-hydrogen) atoms. The molecule has 0 heterocycles. The van der Waals surface area contributed by atoms with Crippen LogP contribution in [0.15, 0.2) is 53.4 Å². The molecule has 2 aromatic carbocycles. The molecule has 150 valence electrons. The van der Waals surface area contributed by atoms with Crippen molar-refractivity contribution in [1.82, 2.24) is 14.9 Å². The van der Waals surface area contributed by atoms with Gasteiger partial charge in [-0.2, -0.15) is 0 Å². The summed E-state index contributed by atoms with van der Waals surface area (Å²) in [5.41, 5.74) is 1.02. The highest BCUT2D eigenvalue weighted by Gasteiger charge is 2.18. The van der Waals surface area contributed by atoms with Gasteiger partial charge >= 0.3 is 0 Å². The lowest BCUT2D eigenvalue weighted by atomic mass is 10.2. The zero-order valence-corrected chi connectivity index (χ0v) is 16.7. The molecule has 0 radical (unpaired) electrons. The number of nitrogens with one attached hydrogen (secondary N) is 2. The van der Waals surface area contributed by atoms with Crippen molar-refractivity contribution < 1.29 is 22.7 Å². The van der Waals surface area contributed by atoms with E-state index in [0.717, 1.165) is 9.87 Å². The maximum atomic E-state index is 12.2. The van der Waals surface area contributed by atoms with E-state index < -0.39 is 15.9 Å². The van der Waals surface area contributed by atoms with Crippen molar-refractivity contribution in [3.8, 4) is 5.75 Å². The Labute approximate surface area is 164 Å². The number of carbonyl (C=O) groups excluding carboxylic acids is 2. The van der Waals surface area contributed by atoms with E-state index in [1.54, 1.807) is 19.2 Å². The third-order valence-corrected chi connectivity index (χ3v) is 5.72. The smallest absolute Gasteiger partial charge is 0.251 e. The quantitative estimate of drug-likeness (QED) is 0.682. The van der Waals surface area contributed by atoms with Crippen LogP contribution in [0.5, 0.6) is 5.75 Å². The van der Waals surface area contributed by atoms with Gasteiger partial charge in [-0.05, 0) is 35.9 Å². The van der Waals surface area contributed by atoms with Gasteiger partial charge in [-0.25, -0.2) is 12.7 Å². The molecule has 0 unspecified atom stereocenters. The fourth-order valence-corrected chi connectivity index (χ4v) is 3.26. The van der Waals surface area contributed by atoms with Gasteiger partial charge in [-0.3, -0.25) is 9.59 Å². The molecule has 0 atom stereocenters. The highest BCUT2D eigenvalue weighted by Crippen LogP contribution is 2.15. The van der Waals surface area contributed by atoms with Gasteiger partial charge in [-0.1, -0.05) is 18.2 Å². The molecule has 9 heteroatoms. The van der Waals surface area contributed by atoms with E-state index in [2.05, 4.69) is 10.6 Å². The van der Waals surface area contributed by atoms with Crippen LogP contribution in [0.2, 0.25) is 0 Å². The molecule has 2 N–H and O–H groups in total. The highest BCUT2D eigenvalue weighted by atomic mass is 32.2. The van der Waals surface area contributed by atoms with E-state index in [9.17, 15) is 18.0 Å². The zero-order valence-electron chi connectivity index (χ0n) is 15.9. The van der Waals surface area contributed by atoms with Crippen LogP contribution >= 0.6 is 0 Å². The number of ether oxygens (including phenoxy) is 1. The third-order valence-electron chi connectivity index (χ3n) is 3.91. The first kappa shape index (κ1) is 21.4. The molecule has 0 aliphatic rings. The Morgan fingerprint density at radius 1 is 1.04 bits per heavy atom. The van der Waals surface area contributed by atoms with Crippen molar-refractivity contribution >= 4 is 21.8 Å². The standard InChI is InChI=1S/C19H23N3O5S/c1-22(2)28(25,26)17-9-5-7-15(11-17)19(24)21-13-18(23)20-12-14-6-4-8-16(10-14)27-3/h4-11H,12-13H2,1-3H3,(H,20,23)(H,21,24).